The lowest BCUT2D eigenvalue weighted by atomic mass is 10.2. The van der Waals surface area contributed by atoms with Crippen molar-refractivity contribution in [3.8, 4) is 0 Å². The zero-order valence-corrected chi connectivity index (χ0v) is 14.5. The fraction of sp³-hybridized carbons (Fsp3) is 0.312. The second-order valence-corrected chi connectivity index (χ2v) is 6.87. The van der Waals surface area contributed by atoms with Gasteiger partial charge in [-0.2, -0.15) is 0 Å². The minimum Gasteiger partial charge on any atom is -0.464 e. The average Bonchev–Trinajstić information content (AvgIpc) is 3.21. The molecule has 1 aliphatic rings. The molecule has 1 heterocycles. The third kappa shape index (κ3) is 3.43. The first-order valence-electron chi connectivity index (χ1n) is 6.86. The van der Waals surface area contributed by atoms with Gasteiger partial charge in [-0.3, -0.25) is 4.79 Å². The van der Waals surface area contributed by atoms with E-state index >= 15 is 0 Å². The van der Waals surface area contributed by atoms with Crippen molar-refractivity contribution in [2.45, 2.75) is 32.4 Å². The number of hydrogen-bond acceptors (Lipinski definition) is 2. The number of nitrogens with zero attached hydrogens (tertiary/aromatic N) is 1. The molecule has 3 rings (SSSR count). The SMILES string of the molecule is Cc1ccc(CN(C(=O)c2ccc(I)c(Cl)c2)C2CC2)o1. The monoisotopic (exact) mass is 415 g/mol. The summed E-state index contributed by atoms with van der Waals surface area (Å²) in [4.78, 5) is 14.6. The molecule has 1 saturated carbocycles. The fourth-order valence-corrected chi connectivity index (χ4v) is 2.80. The molecule has 0 spiro atoms. The maximum atomic E-state index is 12.7. The van der Waals surface area contributed by atoms with Crippen LogP contribution in [0.3, 0.4) is 0 Å². The molecule has 0 atom stereocenters. The summed E-state index contributed by atoms with van der Waals surface area (Å²) in [5, 5.41) is 0.617. The molecule has 2 aromatic rings. The van der Waals surface area contributed by atoms with Gasteiger partial charge in [-0.25, -0.2) is 0 Å². The van der Waals surface area contributed by atoms with E-state index < -0.39 is 0 Å². The van der Waals surface area contributed by atoms with E-state index in [9.17, 15) is 4.79 Å². The molecular formula is C16H15ClINO2. The summed E-state index contributed by atoms with van der Waals surface area (Å²) in [6.07, 6.45) is 2.12. The Hall–Kier alpha value is -1.01. The molecule has 0 unspecified atom stereocenters. The summed E-state index contributed by atoms with van der Waals surface area (Å²) in [7, 11) is 0. The lowest BCUT2D eigenvalue weighted by Crippen LogP contribution is -2.32. The molecule has 1 amide bonds. The van der Waals surface area contributed by atoms with Crippen molar-refractivity contribution in [3.05, 3.63) is 56.0 Å². The Kier molecular flexibility index (Phi) is 4.26. The number of halogens is 2. The molecular weight excluding hydrogens is 401 g/mol. The summed E-state index contributed by atoms with van der Waals surface area (Å²) in [6.45, 7) is 2.42. The predicted molar refractivity (Wildman–Crippen MR) is 90.5 cm³/mol. The second-order valence-electron chi connectivity index (χ2n) is 5.31. The van der Waals surface area contributed by atoms with E-state index in [1.807, 2.05) is 36.1 Å². The van der Waals surface area contributed by atoms with Crippen molar-refractivity contribution in [2.75, 3.05) is 0 Å². The van der Waals surface area contributed by atoms with Crippen molar-refractivity contribution in [1.82, 2.24) is 4.90 Å². The topological polar surface area (TPSA) is 33.5 Å². The smallest absolute Gasteiger partial charge is 0.254 e. The number of rotatable bonds is 4. The van der Waals surface area contributed by atoms with Crippen LogP contribution in [0.15, 0.2) is 34.7 Å². The van der Waals surface area contributed by atoms with E-state index in [-0.39, 0.29) is 5.91 Å². The zero-order chi connectivity index (χ0) is 15.0. The van der Waals surface area contributed by atoms with Gasteiger partial charge in [0.2, 0.25) is 0 Å². The normalized spacial score (nSPS) is 14.2. The number of carbonyl (C=O) groups is 1. The summed E-state index contributed by atoms with van der Waals surface area (Å²) in [5.74, 6) is 1.71. The van der Waals surface area contributed by atoms with Crippen LogP contribution in [-0.4, -0.2) is 16.8 Å². The highest BCUT2D eigenvalue weighted by Crippen LogP contribution is 2.31. The van der Waals surface area contributed by atoms with Crippen molar-refractivity contribution in [2.24, 2.45) is 0 Å². The summed E-state index contributed by atoms with van der Waals surface area (Å²) in [5.41, 5.74) is 0.635. The lowest BCUT2D eigenvalue weighted by molar-refractivity contribution is 0.0717. The van der Waals surface area contributed by atoms with E-state index in [4.69, 9.17) is 16.0 Å². The standard InChI is InChI=1S/C16H15ClINO2/c1-10-2-6-13(21-10)9-19(12-4-5-12)16(20)11-3-7-15(18)14(17)8-11/h2-3,6-8,12H,4-5,9H2,1H3. The Morgan fingerprint density at radius 1 is 1.38 bits per heavy atom. The van der Waals surface area contributed by atoms with Crippen LogP contribution in [0.1, 0.15) is 34.7 Å². The lowest BCUT2D eigenvalue weighted by Gasteiger charge is -2.21. The van der Waals surface area contributed by atoms with Gasteiger partial charge >= 0.3 is 0 Å². The third-order valence-corrected chi connectivity index (χ3v) is 5.11. The minimum absolute atomic E-state index is 0.0184. The highest BCUT2D eigenvalue weighted by molar-refractivity contribution is 14.1. The van der Waals surface area contributed by atoms with Crippen molar-refractivity contribution in [1.29, 1.82) is 0 Å². The molecule has 110 valence electrons. The van der Waals surface area contributed by atoms with Gasteiger partial charge in [-0.1, -0.05) is 11.6 Å². The van der Waals surface area contributed by atoms with E-state index in [1.165, 1.54) is 0 Å². The van der Waals surface area contributed by atoms with E-state index in [2.05, 4.69) is 22.6 Å². The van der Waals surface area contributed by atoms with Crippen LogP contribution in [0.5, 0.6) is 0 Å². The quantitative estimate of drug-likeness (QED) is 0.681. The van der Waals surface area contributed by atoms with Crippen LogP contribution in [0.25, 0.3) is 0 Å². The van der Waals surface area contributed by atoms with Crippen LogP contribution in [0, 0.1) is 10.5 Å². The number of amides is 1. The van der Waals surface area contributed by atoms with Crippen LogP contribution < -0.4 is 0 Å². The fourth-order valence-electron chi connectivity index (χ4n) is 2.29. The molecule has 1 aromatic heterocycles. The molecule has 0 radical (unpaired) electrons. The Bertz CT molecular complexity index is 679. The largest absolute Gasteiger partial charge is 0.464 e. The molecule has 1 aliphatic carbocycles. The van der Waals surface area contributed by atoms with Gasteiger partial charge in [-0.15, -0.1) is 0 Å². The maximum Gasteiger partial charge on any atom is 0.254 e. The third-order valence-electron chi connectivity index (χ3n) is 3.54. The number of aryl methyl sites for hydroxylation is 1. The van der Waals surface area contributed by atoms with Crippen molar-refractivity contribution in [3.63, 3.8) is 0 Å². The molecule has 0 bridgehead atoms. The van der Waals surface area contributed by atoms with Crippen LogP contribution in [0.4, 0.5) is 0 Å². The van der Waals surface area contributed by atoms with Gasteiger partial charge in [0, 0.05) is 15.2 Å². The second kappa shape index (κ2) is 6.01. The molecule has 21 heavy (non-hydrogen) atoms. The first kappa shape index (κ1) is 14.9. The Labute approximate surface area is 142 Å². The number of benzene rings is 1. The van der Waals surface area contributed by atoms with E-state index in [0.29, 0.717) is 23.2 Å². The van der Waals surface area contributed by atoms with Crippen LogP contribution in [-0.2, 0) is 6.54 Å². The molecule has 1 aromatic carbocycles. The Morgan fingerprint density at radius 2 is 2.14 bits per heavy atom. The number of carbonyl (C=O) groups excluding carboxylic acids is 1. The molecule has 0 N–H and O–H groups in total. The Morgan fingerprint density at radius 3 is 2.71 bits per heavy atom. The molecule has 5 heteroatoms. The maximum absolute atomic E-state index is 12.7. The van der Waals surface area contributed by atoms with Crippen LogP contribution in [0.2, 0.25) is 5.02 Å². The highest BCUT2D eigenvalue weighted by Gasteiger charge is 2.33. The van der Waals surface area contributed by atoms with Crippen molar-refractivity contribution < 1.29 is 9.21 Å². The first-order chi connectivity index (χ1) is 10.0. The Balaban J connectivity index is 1.83. The predicted octanol–water partition coefficient (Wildman–Crippen LogP) is 4.65. The van der Waals surface area contributed by atoms with Gasteiger partial charge in [0.15, 0.2) is 0 Å². The number of hydrogen-bond donors (Lipinski definition) is 0. The number of furan rings is 1. The molecule has 0 aliphatic heterocycles. The summed E-state index contributed by atoms with van der Waals surface area (Å²) < 4.78 is 6.55. The molecule has 0 saturated heterocycles. The summed E-state index contributed by atoms with van der Waals surface area (Å²) >= 11 is 8.28. The van der Waals surface area contributed by atoms with E-state index in [0.717, 1.165) is 27.9 Å². The molecule has 1 fully saturated rings. The minimum atomic E-state index is 0.0184. The van der Waals surface area contributed by atoms with Crippen LogP contribution >= 0.6 is 34.2 Å². The first-order valence-corrected chi connectivity index (χ1v) is 8.31. The van der Waals surface area contributed by atoms with Gasteiger partial charge in [0.1, 0.15) is 11.5 Å². The van der Waals surface area contributed by atoms with Gasteiger partial charge in [-0.05, 0) is 72.7 Å². The highest BCUT2D eigenvalue weighted by atomic mass is 127. The average molecular weight is 416 g/mol. The van der Waals surface area contributed by atoms with E-state index in [1.54, 1.807) is 6.07 Å². The zero-order valence-electron chi connectivity index (χ0n) is 11.6. The molecule has 3 nitrogen and oxygen atoms in total. The van der Waals surface area contributed by atoms with Gasteiger partial charge < -0.3 is 9.32 Å². The summed E-state index contributed by atoms with van der Waals surface area (Å²) in [6, 6.07) is 9.62. The van der Waals surface area contributed by atoms with Gasteiger partial charge in [0.25, 0.3) is 5.91 Å². The van der Waals surface area contributed by atoms with Gasteiger partial charge in [0.05, 0.1) is 11.6 Å². The van der Waals surface area contributed by atoms with Crippen molar-refractivity contribution >= 4 is 40.1 Å².